The number of H-pyrrole nitrogens is 1. The van der Waals surface area contributed by atoms with E-state index in [1.807, 2.05) is 13.0 Å². The number of aliphatic hydroxyl groups is 3. The summed E-state index contributed by atoms with van der Waals surface area (Å²) in [5, 5.41) is 41.5. The lowest BCUT2D eigenvalue weighted by atomic mass is 9.92. The Kier molecular flexibility index (Phi) is 6.37. The molecule has 0 fully saturated rings. The minimum Gasteiger partial charge on any atom is -0.392 e. The van der Waals surface area contributed by atoms with E-state index in [1.54, 1.807) is 12.1 Å². The van der Waals surface area contributed by atoms with Crippen molar-refractivity contribution in [3.05, 3.63) is 45.2 Å². The van der Waals surface area contributed by atoms with Crippen molar-refractivity contribution in [2.75, 3.05) is 6.54 Å². The number of aromatic nitrogens is 1. The van der Waals surface area contributed by atoms with E-state index in [-0.39, 0.29) is 30.5 Å². The maximum atomic E-state index is 9.81. The highest BCUT2D eigenvalue weighted by Gasteiger charge is 2.22. The third kappa shape index (κ3) is 3.31. The van der Waals surface area contributed by atoms with Crippen LogP contribution in [0.2, 0.25) is 5.02 Å². The van der Waals surface area contributed by atoms with Gasteiger partial charge in [0.25, 0.3) is 0 Å². The zero-order chi connectivity index (χ0) is 17.7. The molecule has 0 saturated heterocycles. The number of nitriles is 1. The summed E-state index contributed by atoms with van der Waals surface area (Å²) < 4.78 is 0. The lowest BCUT2D eigenvalue weighted by molar-refractivity contribution is 0.248. The first kappa shape index (κ1) is 18.5. The van der Waals surface area contributed by atoms with Gasteiger partial charge in [-0.1, -0.05) is 30.7 Å². The van der Waals surface area contributed by atoms with Gasteiger partial charge >= 0.3 is 0 Å². The SMILES string of the molecule is CCNCc1[nH]c(C#N)c(Cl)c1-c1ccc(CO)c(CO)c1CO. The minimum atomic E-state index is -0.316. The Morgan fingerprint density at radius 2 is 1.88 bits per heavy atom. The zero-order valence-corrected chi connectivity index (χ0v) is 14.1. The molecular weight excluding hydrogens is 330 g/mol. The van der Waals surface area contributed by atoms with Gasteiger partial charge in [-0.3, -0.25) is 0 Å². The third-order valence-corrected chi connectivity index (χ3v) is 4.34. The van der Waals surface area contributed by atoms with Crippen molar-refractivity contribution in [2.24, 2.45) is 0 Å². The molecule has 1 aromatic carbocycles. The molecule has 0 aliphatic rings. The van der Waals surface area contributed by atoms with Crippen LogP contribution in [0.4, 0.5) is 0 Å². The maximum absolute atomic E-state index is 9.81. The van der Waals surface area contributed by atoms with Crippen LogP contribution in [0.15, 0.2) is 12.1 Å². The van der Waals surface area contributed by atoms with E-state index in [1.165, 1.54) is 0 Å². The van der Waals surface area contributed by atoms with Crippen molar-refractivity contribution in [3.63, 3.8) is 0 Å². The van der Waals surface area contributed by atoms with Crippen LogP contribution in [0, 0.1) is 11.3 Å². The van der Waals surface area contributed by atoms with Gasteiger partial charge in [0.05, 0.1) is 24.8 Å². The largest absolute Gasteiger partial charge is 0.392 e. The summed E-state index contributed by atoms with van der Waals surface area (Å²) in [7, 11) is 0. The van der Waals surface area contributed by atoms with Crippen molar-refractivity contribution in [2.45, 2.75) is 33.3 Å². The van der Waals surface area contributed by atoms with Gasteiger partial charge in [-0.25, -0.2) is 0 Å². The molecule has 2 aromatic rings. The van der Waals surface area contributed by atoms with Crippen molar-refractivity contribution >= 4 is 11.6 Å². The lowest BCUT2D eigenvalue weighted by Gasteiger charge is -2.16. The fourth-order valence-corrected chi connectivity index (χ4v) is 3.07. The summed E-state index contributed by atoms with van der Waals surface area (Å²) in [6.07, 6.45) is 0. The summed E-state index contributed by atoms with van der Waals surface area (Å²) in [5.41, 5.74) is 3.75. The van der Waals surface area contributed by atoms with Gasteiger partial charge in [0.15, 0.2) is 0 Å². The Labute approximate surface area is 145 Å². The first-order valence-electron chi connectivity index (χ1n) is 7.60. The highest BCUT2D eigenvalue weighted by molar-refractivity contribution is 6.34. The number of aliphatic hydroxyl groups excluding tert-OH is 3. The van der Waals surface area contributed by atoms with Gasteiger partial charge in [-0.05, 0) is 28.8 Å². The molecule has 0 spiro atoms. The summed E-state index contributed by atoms with van der Waals surface area (Å²) in [5.74, 6) is 0. The molecule has 0 unspecified atom stereocenters. The van der Waals surface area contributed by atoms with E-state index >= 15 is 0 Å². The second-order valence-corrected chi connectivity index (χ2v) is 5.64. The predicted octanol–water partition coefficient (Wildman–Crippen LogP) is 1.79. The van der Waals surface area contributed by atoms with Crippen LogP contribution in [0.1, 0.15) is 35.0 Å². The Balaban J connectivity index is 2.71. The number of rotatable bonds is 7. The summed E-state index contributed by atoms with van der Waals surface area (Å²) in [6.45, 7) is 2.33. The number of hydrogen-bond acceptors (Lipinski definition) is 5. The summed E-state index contributed by atoms with van der Waals surface area (Å²) in [4.78, 5) is 3.00. The van der Waals surface area contributed by atoms with Gasteiger partial charge in [-0.15, -0.1) is 0 Å². The molecule has 0 radical (unpaired) electrons. The second kappa shape index (κ2) is 8.29. The van der Waals surface area contributed by atoms with Gasteiger partial charge in [0.1, 0.15) is 11.8 Å². The normalized spacial score (nSPS) is 10.8. The molecule has 0 bridgehead atoms. The highest BCUT2D eigenvalue weighted by atomic mass is 35.5. The Morgan fingerprint density at radius 3 is 2.42 bits per heavy atom. The molecule has 7 heteroatoms. The van der Waals surface area contributed by atoms with E-state index in [0.717, 1.165) is 12.2 Å². The molecule has 128 valence electrons. The molecule has 0 saturated carbocycles. The number of nitrogens with zero attached hydrogens (tertiary/aromatic N) is 1. The molecule has 0 aliphatic carbocycles. The van der Waals surface area contributed by atoms with Crippen LogP contribution in [-0.4, -0.2) is 26.8 Å². The molecular formula is C17H20ClN3O3. The van der Waals surface area contributed by atoms with Gasteiger partial charge < -0.3 is 25.6 Å². The molecule has 24 heavy (non-hydrogen) atoms. The zero-order valence-electron chi connectivity index (χ0n) is 13.4. The van der Waals surface area contributed by atoms with Crippen molar-refractivity contribution in [1.82, 2.24) is 10.3 Å². The molecule has 2 rings (SSSR count). The fraction of sp³-hybridized carbons (Fsp3) is 0.353. The Bertz CT molecular complexity index is 765. The van der Waals surface area contributed by atoms with E-state index in [0.29, 0.717) is 34.4 Å². The van der Waals surface area contributed by atoms with Gasteiger partial charge in [0, 0.05) is 17.8 Å². The number of nitrogens with one attached hydrogen (secondary N) is 2. The molecule has 0 aliphatic heterocycles. The molecule has 5 N–H and O–H groups in total. The standard InChI is InChI=1S/C17H20ClN3O3/c1-2-20-6-15-16(17(18)14(5-19)21-15)11-4-3-10(7-22)12(8-23)13(11)9-24/h3-4,20-24H,2,6-9H2,1H3. The quantitative estimate of drug-likeness (QED) is 0.523. The van der Waals surface area contributed by atoms with Crippen LogP contribution in [0.5, 0.6) is 0 Å². The van der Waals surface area contributed by atoms with Crippen LogP contribution >= 0.6 is 11.6 Å². The number of hydrogen-bond donors (Lipinski definition) is 5. The lowest BCUT2D eigenvalue weighted by Crippen LogP contribution is -2.13. The van der Waals surface area contributed by atoms with Gasteiger partial charge in [0.2, 0.25) is 0 Å². The smallest absolute Gasteiger partial charge is 0.137 e. The fourth-order valence-electron chi connectivity index (χ4n) is 2.77. The Morgan fingerprint density at radius 1 is 1.17 bits per heavy atom. The molecule has 0 atom stereocenters. The molecule has 1 aromatic heterocycles. The van der Waals surface area contributed by atoms with Crippen LogP contribution in [-0.2, 0) is 26.4 Å². The van der Waals surface area contributed by atoms with E-state index < -0.39 is 0 Å². The molecule has 0 amide bonds. The summed E-state index contributed by atoms with van der Waals surface area (Å²) >= 11 is 6.37. The number of halogens is 1. The minimum absolute atomic E-state index is 0.238. The maximum Gasteiger partial charge on any atom is 0.137 e. The number of aromatic amines is 1. The molecule has 6 nitrogen and oxygen atoms in total. The third-order valence-electron chi connectivity index (χ3n) is 3.96. The van der Waals surface area contributed by atoms with Crippen LogP contribution in [0.3, 0.4) is 0 Å². The van der Waals surface area contributed by atoms with E-state index in [4.69, 9.17) is 11.6 Å². The highest BCUT2D eigenvalue weighted by Crippen LogP contribution is 2.38. The van der Waals surface area contributed by atoms with Crippen LogP contribution < -0.4 is 5.32 Å². The Hall–Kier alpha value is -1.88. The van der Waals surface area contributed by atoms with Crippen molar-refractivity contribution in [3.8, 4) is 17.2 Å². The average Bonchev–Trinajstić information content (AvgIpc) is 2.93. The van der Waals surface area contributed by atoms with Gasteiger partial charge in [-0.2, -0.15) is 5.26 Å². The molecule has 1 heterocycles. The van der Waals surface area contributed by atoms with E-state index in [9.17, 15) is 20.6 Å². The average molecular weight is 350 g/mol. The van der Waals surface area contributed by atoms with Crippen molar-refractivity contribution in [1.29, 1.82) is 5.26 Å². The topological polar surface area (TPSA) is 112 Å². The van der Waals surface area contributed by atoms with E-state index in [2.05, 4.69) is 10.3 Å². The van der Waals surface area contributed by atoms with Crippen molar-refractivity contribution < 1.29 is 15.3 Å². The summed E-state index contributed by atoms with van der Waals surface area (Å²) in [6, 6.07) is 5.45. The predicted molar refractivity (Wildman–Crippen MR) is 91.1 cm³/mol. The first-order chi connectivity index (χ1) is 11.6. The van der Waals surface area contributed by atoms with Crippen LogP contribution in [0.25, 0.3) is 11.1 Å². The second-order valence-electron chi connectivity index (χ2n) is 5.26. The number of benzene rings is 1. The first-order valence-corrected chi connectivity index (χ1v) is 7.98. The monoisotopic (exact) mass is 349 g/mol.